The summed E-state index contributed by atoms with van der Waals surface area (Å²) < 4.78 is 0. The van der Waals surface area contributed by atoms with Gasteiger partial charge < -0.3 is 5.11 Å². The van der Waals surface area contributed by atoms with Crippen LogP contribution >= 0.6 is 0 Å². The van der Waals surface area contributed by atoms with E-state index in [4.69, 9.17) is 5.11 Å². The Hall–Kier alpha value is -0.300. The van der Waals surface area contributed by atoms with Crippen LogP contribution in [0.3, 0.4) is 0 Å². The Morgan fingerprint density at radius 1 is 0.667 bits per heavy atom. The van der Waals surface area contributed by atoms with Gasteiger partial charge in [-0.05, 0) is 39.0 Å². The first-order valence-corrected chi connectivity index (χ1v) is 9.60. The molecule has 0 aliphatic heterocycles. The molecule has 0 aliphatic rings. The van der Waals surface area contributed by atoms with Crippen LogP contribution < -0.4 is 0 Å². The van der Waals surface area contributed by atoms with Crippen molar-refractivity contribution in [1.29, 1.82) is 0 Å². The second-order valence-electron chi connectivity index (χ2n) is 6.58. The molecule has 0 aromatic carbocycles. The summed E-state index contributed by atoms with van der Waals surface area (Å²) in [5, 5.41) is 9.16. The topological polar surface area (TPSA) is 20.2 Å². The molecule has 0 radical (unpaired) electrons. The van der Waals surface area contributed by atoms with E-state index in [9.17, 15) is 0 Å². The Morgan fingerprint density at radius 3 is 1.57 bits per heavy atom. The zero-order valence-corrected chi connectivity index (χ0v) is 14.8. The number of unbranched alkanes of at least 4 members (excludes halogenated alkanes) is 12. The zero-order valence-electron chi connectivity index (χ0n) is 14.8. The van der Waals surface area contributed by atoms with Crippen molar-refractivity contribution < 1.29 is 5.11 Å². The van der Waals surface area contributed by atoms with Crippen molar-refractivity contribution in [3.05, 3.63) is 12.2 Å². The zero-order chi connectivity index (χ0) is 15.6. The fourth-order valence-corrected chi connectivity index (χ4v) is 2.69. The van der Waals surface area contributed by atoms with Crippen LogP contribution in [-0.2, 0) is 0 Å². The van der Waals surface area contributed by atoms with E-state index in [1.165, 1.54) is 89.9 Å². The molecular formula is C20H40O. The smallest absolute Gasteiger partial charge is 0.0512 e. The molecule has 0 fully saturated rings. The lowest BCUT2D eigenvalue weighted by Crippen LogP contribution is -1.98. The molecule has 0 bridgehead atoms. The van der Waals surface area contributed by atoms with E-state index in [1.54, 1.807) is 0 Å². The van der Waals surface area contributed by atoms with Crippen molar-refractivity contribution >= 4 is 0 Å². The Bertz CT molecular complexity index is 208. The SMILES string of the molecule is CCCCCCCCC=CCCCCCCCCC(C)O. The first-order chi connectivity index (χ1) is 10.3. The van der Waals surface area contributed by atoms with E-state index in [0.717, 1.165) is 6.42 Å². The maximum Gasteiger partial charge on any atom is 0.0512 e. The van der Waals surface area contributed by atoms with Gasteiger partial charge in [0, 0.05) is 0 Å². The summed E-state index contributed by atoms with van der Waals surface area (Å²) in [5.41, 5.74) is 0. The van der Waals surface area contributed by atoms with Gasteiger partial charge in [0.05, 0.1) is 6.10 Å². The van der Waals surface area contributed by atoms with Crippen molar-refractivity contribution in [3.8, 4) is 0 Å². The highest BCUT2D eigenvalue weighted by molar-refractivity contribution is 4.81. The molecule has 0 rings (SSSR count). The van der Waals surface area contributed by atoms with Gasteiger partial charge >= 0.3 is 0 Å². The third kappa shape index (κ3) is 19.7. The lowest BCUT2D eigenvalue weighted by atomic mass is 10.1. The van der Waals surface area contributed by atoms with Crippen LogP contribution in [0.2, 0.25) is 0 Å². The highest BCUT2D eigenvalue weighted by atomic mass is 16.3. The number of rotatable bonds is 16. The van der Waals surface area contributed by atoms with E-state index in [1.807, 2.05) is 6.92 Å². The molecule has 0 aliphatic carbocycles. The quantitative estimate of drug-likeness (QED) is 0.245. The van der Waals surface area contributed by atoms with E-state index in [2.05, 4.69) is 19.1 Å². The third-order valence-electron chi connectivity index (χ3n) is 4.13. The molecular weight excluding hydrogens is 256 g/mol. The maximum absolute atomic E-state index is 9.16. The van der Waals surface area contributed by atoms with Crippen LogP contribution in [0.15, 0.2) is 12.2 Å². The molecule has 0 heterocycles. The van der Waals surface area contributed by atoms with Crippen LogP contribution in [0.4, 0.5) is 0 Å². The third-order valence-corrected chi connectivity index (χ3v) is 4.13. The highest BCUT2D eigenvalue weighted by Gasteiger charge is 1.95. The van der Waals surface area contributed by atoms with Crippen LogP contribution in [0.25, 0.3) is 0 Å². The summed E-state index contributed by atoms with van der Waals surface area (Å²) in [5.74, 6) is 0. The van der Waals surface area contributed by atoms with Gasteiger partial charge in [-0.15, -0.1) is 0 Å². The van der Waals surface area contributed by atoms with E-state index >= 15 is 0 Å². The summed E-state index contributed by atoms with van der Waals surface area (Å²) in [4.78, 5) is 0. The molecule has 1 nitrogen and oxygen atoms in total. The number of allylic oxidation sites excluding steroid dienone is 2. The molecule has 1 heteroatoms. The number of aliphatic hydroxyl groups excluding tert-OH is 1. The summed E-state index contributed by atoms with van der Waals surface area (Å²) in [7, 11) is 0. The van der Waals surface area contributed by atoms with Gasteiger partial charge in [0.1, 0.15) is 0 Å². The Kier molecular flexibility index (Phi) is 17.5. The molecule has 126 valence electrons. The average molecular weight is 297 g/mol. The van der Waals surface area contributed by atoms with Gasteiger partial charge in [0.15, 0.2) is 0 Å². The van der Waals surface area contributed by atoms with E-state index in [-0.39, 0.29) is 6.10 Å². The highest BCUT2D eigenvalue weighted by Crippen LogP contribution is 2.11. The molecule has 0 amide bonds. The van der Waals surface area contributed by atoms with Crippen molar-refractivity contribution in [2.24, 2.45) is 0 Å². The fourth-order valence-electron chi connectivity index (χ4n) is 2.69. The van der Waals surface area contributed by atoms with Gasteiger partial charge in [-0.25, -0.2) is 0 Å². The van der Waals surface area contributed by atoms with Gasteiger partial charge in [-0.1, -0.05) is 83.3 Å². The number of aliphatic hydroxyl groups is 1. The fraction of sp³-hybridized carbons (Fsp3) is 0.900. The van der Waals surface area contributed by atoms with Gasteiger partial charge in [0.2, 0.25) is 0 Å². The minimum atomic E-state index is -0.109. The molecule has 0 aromatic rings. The predicted molar refractivity (Wildman–Crippen MR) is 95.7 cm³/mol. The van der Waals surface area contributed by atoms with Gasteiger partial charge in [0.25, 0.3) is 0 Å². The van der Waals surface area contributed by atoms with Crippen LogP contribution in [0, 0.1) is 0 Å². The summed E-state index contributed by atoms with van der Waals surface area (Å²) in [6.07, 6.45) is 24.5. The molecule has 0 saturated carbocycles. The molecule has 0 saturated heterocycles. The first kappa shape index (κ1) is 20.7. The monoisotopic (exact) mass is 296 g/mol. The normalized spacial score (nSPS) is 13.1. The molecule has 0 spiro atoms. The first-order valence-electron chi connectivity index (χ1n) is 9.60. The van der Waals surface area contributed by atoms with E-state index < -0.39 is 0 Å². The Balaban J connectivity index is 3.05. The maximum atomic E-state index is 9.16. The lowest BCUT2D eigenvalue weighted by molar-refractivity contribution is 0.180. The minimum Gasteiger partial charge on any atom is -0.393 e. The second kappa shape index (κ2) is 17.8. The number of hydrogen-bond donors (Lipinski definition) is 1. The summed E-state index contributed by atoms with van der Waals surface area (Å²) >= 11 is 0. The van der Waals surface area contributed by atoms with Crippen molar-refractivity contribution in [1.82, 2.24) is 0 Å². The van der Waals surface area contributed by atoms with Crippen molar-refractivity contribution in [2.75, 3.05) is 0 Å². The second-order valence-corrected chi connectivity index (χ2v) is 6.58. The minimum absolute atomic E-state index is 0.109. The Labute approximate surface area is 134 Å². The Morgan fingerprint density at radius 2 is 1.10 bits per heavy atom. The predicted octanol–water partition coefficient (Wildman–Crippen LogP) is 6.79. The number of hydrogen-bond acceptors (Lipinski definition) is 1. The van der Waals surface area contributed by atoms with Crippen LogP contribution in [0.5, 0.6) is 0 Å². The largest absolute Gasteiger partial charge is 0.393 e. The molecule has 21 heavy (non-hydrogen) atoms. The van der Waals surface area contributed by atoms with Crippen LogP contribution in [0.1, 0.15) is 110 Å². The molecule has 0 aromatic heterocycles. The standard InChI is InChI=1S/C20H40O/c1-3-4-5-6-7-8-9-10-11-12-13-14-15-16-17-18-19-20(2)21/h10-11,20-21H,3-9,12-19H2,1-2H3. The van der Waals surface area contributed by atoms with Gasteiger partial charge in [-0.2, -0.15) is 0 Å². The summed E-state index contributed by atoms with van der Waals surface area (Å²) in [6, 6.07) is 0. The lowest BCUT2D eigenvalue weighted by Gasteiger charge is -2.03. The molecule has 1 unspecified atom stereocenters. The van der Waals surface area contributed by atoms with Gasteiger partial charge in [-0.3, -0.25) is 0 Å². The van der Waals surface area contributed by atoms with Crippen molar-refractivity contribution in [2.45, 2.75) is 116 Å². The van der Waals surface area contributed by atoms with E-state index in [0.29, 0.717) is 0 Å². The summed E-state index contributed by atoms with van der Waals surface area (Å²) in [6.45, 7) is 4.16. The van der Waals surface area contributed by atoms with Crippen molar-refractivity contribution in [3.63, 3.8) is 0 Å². The average Bonchev–Trinajstić information content (AvgIpc) is 2.46. The molecule has 1 atom stereocenters. The molecule has 1 N–H and O–H groups in total. The van der Waals surface area contributed by atoms with Crippen LogP contribution in [-0.4, -0.2) is 11.2 Å².